The number of thiophene rings is 1. The van der Waals surface area contributed by atoms with E-state index in [1.165, 1.54) is 10.4 Å². The molecule has 0 aliphatic rings. The minimum Gasteiger partial charge on any atom is -0.309 e. The summed E-state index contributed by atoms with van der Waals surface area (Å²) in [7, 11) is 0. The Morgan fingerprint density at radius 3 is 2.32 bits per heavy atom. The largest absolute Gasteiger partial charge is 0.309 e. The van der Waals surface area contributed by atoms with Gasteiger partial charge in [0, 0.05) is 17.5 Å². The molecule has 102 valence electrons. The maximum Gasteiger partial charge on any atom is 0.0386 e. The molecule has 0 amide bonds. The van der Waals surface area contributed by atoms with E-state index < -0.39 is 0 Å². The lowest BCUT2D eigenvalue weighted by atomic mass is 9.88. The summed E-state index contributed by atoms with van der Waals surface area (Å²) in [4.78, 5) is 1.41. The van der Waals surface area contributed by atoms with Gasteiger partial charge in [0.1, 0.15) is 0 Å². The fourth-order valence-electron chi connectivity index (χ4n) is 2.38. The standard InChI is InChI=1S/C17H23NS/c1-13(2)16(15-8-5-4-6-9-15)12-18-14(3)17-10-7-11-19-17/h4-11,13-14,16,18H,12H2,1-3H3/t14-,16?/m1/s1. The number of hydrogen-bond donors (Lipinski definition) is 1. The highest BCUT2D eigenvalue weighted by Crippen LogP contribution is 2.25. The molecule has 1 nitrogen and oxygen atoms in total. The van der Waals surface area contributed by atoms with Crippen LogP contribution in [0.2, 0.25) is 0 Å². The van der Waals surface area contributed by atoms with Crippen LogP contribution in [0.1, 0.15) is 43.2 Å². The second kappa shape index (κ2) is 6.88. The Bertz CT molecular complexity index is 461. The van der Waals surface area contributed by atoms with Crippen molar-refractivity contribution < 1.29 is 0 Å². The summed E-state index contributed by atoms with van der Waals surface area (Å²) in [6, 6.07) is 15.6. The van der Waals surface area contributed by atoms with Crippen LogP contribution in [0.3, 0.4) is 0 Å². The highest BCUT2D eigenvalue weighted by Gasteiger charge is 2.17. The maximum absolute atomic E-state index is 3.68. The molecule has 1 unspecified atom stereocenters. The van der Waals surface area contributed by atoms with Gasteiger partial charge in [-0.3, -0.25) is 0 Å². The second-order valence-corrected chi connectivity index (χ2v) is 6.39. The van der Waals surface area contributed by atoms with Crippen LogP contribution < -0.4 is 5.32 Å². The Labute approximate surface area is 120 Å². The molecule has 2 heteroatoms. The molecule has 0 spiro atoms. The molecular weight excluding hydrogens is 250 g/mol. The van der Waals surface area contributed by atoms with Gasteiger partial charge in [-0.1, -0.05) is 50.2 Å². The third-order valence-corrected chi connectivity index (χ3v) is 4.70. The van der Waals surface area contributed by atoms with Crippen molar-refractivity contribution >= 4 is 11.3 Å². The average molecular weight is 273 g/mol. The van der Waals surface area contributed by atoms with E-state index in [2.05, 4.69) is 73.9 Å². The molecule has 0 bridgehead atoms. The van der Waals surface area contributed by atoms with Gasteiger partial charge in [-0.2, -0.15) is 0 Å². The number of benzene rings is 1. The lowest BCUT2D eigenvalue weighted by Crippen LogP contribution is -2.26. The van der Waals surface area contributed by atoms with Gasteiger partial charge in [-0.05, 0) is 35.8 Å². The molecule has 2 aromatic rings. The number of nitrogens with one attached hydrogen (secondary N) is 1. The van der Waals surface area contributed by atoms with Crippen molar-refractivity contribution in [1.29, 1.82) is 0 Å². The fraction of sp³-hybridized carbons (Fsp3) is 0.412. The fourth-order valence-corrected chi connectivity index (χ4v) is 3.14. The van der Waals surface area contributed by atoms with E-state index >= 15 is 0 Å². The van der Waals surface area contributed by atoms with Crippen LogP contribution >= 0.6 is 11.3 Å². The Hall–Kier alpha value is -1.12. The number of hydrogen-bond acceptors (Lipinski definition) is 2. The molecule has 1 aromatic carbocycles. The molecule has 0 aliphatic carbocycles. The zero-order valence-corrected chi connectivity index (χ0v) is 12.8. The van der Waals surface area contributed by atoms with E-state index in [9.17, 15) is 0 Å². The van der Waals surface area contributed by atoms with Crippen LogP contribution in [0.5, 0.6) is 0 Å². The van der Waals surface area contributed by atoms with E-state index in [1.807, 2.05) is 11.3 Å². The molecule has 0 saturated carbocycles. The van der Waals surface area contributed by atoms with Crippen molar-refractivity contribution in [2.24, 2.45) is 5.92 Å². The van der Waals surface area contributed by atoms with Gasteiger partial charge in [0.2, 0.25) is 0 Å². The molecule has 19 heavy (non-hydrogen) atoms. The Balaban J connectivity index is 1.98. The predicted octanol–water partition coefficient (Wildman–Crippen LogP) is 4.84. The lowest BCUT2D eigenvalue weighted by molar-refractivity contribution is 0.438. The molecule has 1 aromatic heterocycles. The van der Waals surface area contributed by atoms with Gasteiger partial charge >= 0.3 is 0 Å². The normalized spacial score (nSPS) is 14.5. The smallest absolute Gasteiger partial charge is 0.0386 e. The molecule has 2 atom stereocenters. The van der Waals surface area contributed by atoms with Crippen LogP contribution in [-0.2, 0) is 0 Å². The van der Waals surface area contributed by atoms with Crippen molar-refractivity contribution in [3.63, 3.8) is 0 Å². The highest BCUT2D eigenvalue weighted by molar-refractivity contribution is 7.10. The summed E-state index contributed by atoms with van der Waals surface area (Å²) >= 11 is 1.82. The first-order valence-corrected chi connectivity index (χ1v) is 7.88. The van der Waals surface area contributed by atoms with E-state index in [-0.39, 0.29) is 0 Å². The van der Waals surface area contributed by atoms with Crippen molar-refractivity contribution in [2.45, 2.75) is 32.7 Å². The van der Waals surface area contributed by atoms with Crippen molar-refractivity contribution in [2.75, 3.05) is 6.54 Å². The molecule has 0 aliphatic heterocycles. The first-order valence-electron chi connectivity index (χ1n) is 7.00. The third kappa shape index (κ3) is 3.92. The van der Waals surface area contributed by atoms with Crippen molar-refractivity contribution in [3.05, 3.63) is 58.3 Å². The summed E-state index contributed by atoms with van der Waals surface area (Å²) in [5, 5.41) is 5.82. The summed E-state index contributed by atoms with van der Waals surface area (Å²) in [6.07, 6.45) is 0. The molecule has 0 saturated heterocycles. The molecular formula is C17H23NS. The van der Waals surface area contributed by atoms with Crippen LogP contribution in [0.25, 0.3) is 0 Å². The molecule has 1 N–H and O–H groups in total. The van der Waals surface area contributed by atoms with Crippen LogP contribution in [-0.4, -0.2) is 6.54 Å². The van der Waals surface area contributed by atoms with E-state index in [1.54, 1.807) is 0 Å². The van der Waals surface area contributed by atoms with Gasteiger partial charge in [0.15, 0.2) is 0 Å². The monoisotopic (exact) mass is 273 g/mol. The molecule has 1 heterocycles. The minimum absolute atomic E-state index is 0.435. The zero-order valence-electron chi connectivity index (χ0n) is 12.0. The highest BCUT2D eigenvalue weighted by atomic mass is 32.1. The Morgan fingerprint density at radius 1 is 1.00 bits per heavy atom. The molecule has 2 rings (SSSR count). The first kappa shape index (κ1) is 14.3. The quantitative estimate of drug-likeness (QED) is 0.794. The zero-order chi connectivity index (χ0) is 13.7. The second-order valence-electron chi connectivity index (χ2n) is 5.41. The van der Waals surface area contributed by atoms with E-state index in [0.717, 1.165) is 6.54 Å². The molecule has 0 fully saturated rings. The van der Waals surface area contributed by atoms with Gasteiger partial charge in [0.05, 0.1) is 0 Å². The first-order chi connectivity index (χ1) is 9.18. The maximum atomic E-state index is 3.68. The van der Waals surface area contributed by atoms with Crippen molar-refractivity contribution in [1.82, 2.24) is 5.32 Å². The predicted molar refractivity (Wildman–Crippen MR) is 84.8 cm³/mol. The Morgan fingerprint density at radius 2 is 1.74 bits per heavy atom. The van der Waals surface area contributed by atoms with Crippen LogP contribution in [0.15, 0.2) is 47.8 Å². The van der Waals surface area contributed by atoms with Crippen molar-refractivity contribution in [3.8, 4) is 0 Å². The molecule has 0 radical (unpaired) electrons. The number of rotatable bonds is 6. The van der Waals surface area contributed by atoms with E-state index in [4.69, 9.17) is 0 Å². The van der Waals surface area contributed by atoms with Gasteiger partial charge in [-0.15, -0.1) is 11.3 Å². The minimum atomic E-state index is 0.435. The topological polar surface area (TPSA) is 12.0 Å². The summed E-state index contributed by atoms with van der Waals surface area (Å²) in [5.41, 5.74) is 1.43. The average Bonchev–Trinajstić information content (AvgIpc) is 2.93. The summed E-state index contributed by atoms with van der Waals surface area (Å²) < 4.78 is 0. The summed E-state index contributed by atoms with van der Waals surface area (Å²) in [5.74, 6) is 1.22. The van der Waals surface area contributed by atoms with Crippen LogP contribution in [0, 0.1) is 5.92 Å². The third-order valence-electron chi connectivity index (χ3n) is 3.65. The van der Waals surface area contributed by atoms with E-state index in [0.29, 0.717) is 17.9 Å². The summed E-state index contributed by atoms with van der Waals surface area (Å²) in [6.45, 7) is 7.87. The SMILES string of the molecule is CC(C)C(CN[C@H](C)c1cccs1)c1ccccc1. The Kier molecular flexibility index (Phi) is 5.17. The van der Waals surface area contributed by atoms with Gasteiger partial charge in [-0.25, -0.2) is 0 Å². The van der Waals surface area contributed by atoms with Crippen LogP contribution in [0.4, 0.5) is 0 Å². The lowest BCUT2D eigenvalue weighted by Gasteiger charge is -2.24. The van der Waals surface area contributed by atoms with Gasteiger partial charge in [0.25, 0.3) is 0 Å². The van der Waals surface area contributed by atoms with Gasteiger partial charge < -0.3 is 5.32 Å².